The summed E-state index contributed by atoms with van der Waals surface area (Å²) in [6.07, 6.45) is 0. The lowest BCUT2D eigenvalue weighted by molar-refractivity contribution is -0.139. The third kappa shape index (κ3) is 2.47. The molecule has 23 heavy (non-hydrogen) atoms. The van der Waals surface area contributed by atoms with Crippen LogP contribution in [-0.2, 0) is 19.8 Å². The number of carbonyl (C=O) groups excluding carboxylic acids is 2. The molecule has 1 aromatic carbocycles. The molecule has 9 nitrogen and oxygen atoms in total. The average Bonchev–Trinajstić information content (AvgIpc) is 2.94. The Bertz CT molecular complexity index is 875. The van der Waals surface area contributed by atoms with Crippen LogP contribution in [0.15, 0.2) is 34.5 Å². The SMILES string of the molecule is CN1C(=O)C(N=Nc2nc3ccccc3s2)C(=O)N(C)S1(=O)=O. The molecule has 1 aliphatic heterocycles. The first-order valence-corrected chi connectivity index (χ1v) is 8.60. The average molecular weight is 353 g/mol. The van der Waals surface area contributed by atoms with Gasteiger partial charge >= 0.3 is 10.2 Å². The zero-order valence-electron chi connectivity index (χ0n) is 12.1. The first-order valence-electron chi connectivity index (χ1n) is 6.39. The fourth-order valence-corrected chi connectivity index (χ4v) is 3.79. The number of azo groups is 1. The minimum Gasteiger partial charge on any atom is -0.271 e. The molecule has 2 heterocycles. The van der Waals surface area contributed by atoms with Crippen LogP contribution in [0.25, 0.3) is 10.2 Å². The van der Waals surface area contributed by atoms with Gasteiger partial charge in [0, 0.05) is 14.1 Å². The van der Waals surface area contributed by atoms with Gasteiger partial charge in [0.1, 0.15) is 0 Å². The van der Waals surface area contributed by atoms with Crippen molar-refractivity contribution < 1.29 is 18.0 Å². The van der Waals surface area contributed by atoms with E-state index in [9.17, 15) is 18.0 Å². The van der Waals surface area contributed by atoms with Gasteiger partial charge < -0.3 is 0 Å². The summed E-state index contributed by atoms with van der Waals surface area (Å²) in [5.74, 6) is -1.89. The van der Waals surface area contributed by atoms with E-state index in [-0.39, 0.29) is 5.13 Å². The van der Waals surface area contributed by atoms with Gasteiger partial charge in [-0.15, -0.1) is 5.11 Å². The fourth-order valence-electron chi connectivity index (χ4n) is 1.97. The molecule has 11 heteroatoms. The third-order valence-electron chi connectivity index (χ3n) is 3.32. The van der Waals surface area contributed by atoms with Crippen LogP contribution in [0.5, 0.6) is 0 Å². The van der Waals surface area contributed by atoms with Gasteiger partial charge in [-0.25, -0.2) is 13.6 Å². The number of aromatic nitrogens is 1. The van der Waals surface area contributed by atoms with Gasteiger partial charge in [-0.1, -0.05) is 23.5 Å². The van der Waals surface area contributed by atoms with Crippen molar-refractivity contribution in [2.75, 3.05) is 14.1 Å². The lowest BCUT2D eigenvalue weighted by Crippen LogP contribution is -2.58. The van der Waals surface area contributed by atoms with Crippen LogP contribution in [0.1, 0.15) is 0 Å². The molecule has 1 aromatic heterocycles. The van der Waals surface area contributed by atoms with Crippen LogP contribution in [0.4, 0.5) is 5.13 Å². The maximum absolute atomic E-state index is 12.0. The number of carbonyl (C=O) groups is 2. The van der Waals surface area contributed by atoms with Crippen molar-refractivity contribution in [1.82, 2.24) is 13.6 Å². The zero-order chi connectivity index (χ0) is 16.8. The molecule has 1 aliphatic rings. The molecule has 1 fully saturated rings. The van der Waals surface area contributed by atoms with E-state index < -0.39 is 28.1 Å². The van der Waals surface area contributed by atoms with Crippen molar-refractivity contribution in [1.29, 1.82) is 0 Å². The summed E-state index contributed by atoms with van der Waals surface area (Å²) < 4.78 is 25.5. The van der Waals surface area contributed by atoms with Crippen LogP contribution in [0, 0.1) is 0 Å². The van der Waals surface area contributed by atoms with E-state index in [1.54, 1.807) is 6.07 Å². The number of rotatable bonds is 2. The molecule has 2 aromatic rings. The highest BCUT2D eigenvalue weighted by molar-refractivity contribution is 7.88. The summed E-state index contributed by atoms with van der Waals surface area (Å²) in [4.78, 5) is 28.2. The Morgan fingerprint density at radius 1 is 1.13 bits per heavy atom. The zero-order valence-corrected chi connectivity index (χ0v) is 13.7. The van der Waals surface area contributed by atoms with Crippen LogP contribution < -0.4 is 0 Å². The van der Waals surface area contributed by atoms with Crippen molar-refractivity contribution in [3.8, 4) is 0 Å². The highest BCUT2D eigenvalue weighted by Crippen LogP contribution is 2.28. The number of fused-ring (bicyclic) bond motifs is 1. The number of nitrogens with zero attached hydrogens (tertiary/aromatic N) is 5. The predicted molar refractivity (Wildman–Crippen MR) is 82.4 cm³/mol. The number of likely N-dealkylation sites (N-methyl/N-ethyl adjacent to an activating group) is 2. The first-order chi connectivity index (χ1) is 10.8. The van der Waals surface area contributed by atoms with Crippen molar-refractivity contribution in [3.63, 3.8) is 0 Å². The summed E-state index contributed by atoms with van der Waals surface area (Å²) in [6.45, 7) is 0. The number of para-hydroxylation sites is 1. The van der Waals surface area contributed by atoms with Crippen molar-refractivity contribution in [2.24, 2.45) is 10.2 Å². The van der Waals surface area contributed by atoms with E-state index in [4.69, 9.17) is 0 Å². The summed E-state index contributed by atoms with van der Waals surface area (Å²) in [5, 5.41) is 7.81. The van der Waals surface area contributed by atoms with Crippen molar-refractivity contribution >= 4 is 48.7 Å². The number of hydrogen-bond donors (Lipinski definition) is 0. The minimum atomic E-state index is -4.12. The second-order valence-corrected chi connectivity index (χ2v) is 7.70. The summed E-state index contributed by atoms with van der Waals surface area (Å²) >= 11 is 1.25. The van der Waals surface area contributed by atoms with E-state index in [0.717, 1.165) is 24.3 Å². The Morgan fingerprint density at radius 3 is 2.35 bits per heavy atom. The van der Waals surface area contributed by atoms with Gasteiger partial charge in [0.25, 0.3) is 11.8 Å². The molecule has 2 amide bonds. The van der Waals surface area contributed by atoms with Crippen molar-refractivity contribution in [3.05, 3.63) is 24.3 Å². The topological polar surface area (TPSA) is 112 Å². The number of thiazole rings is 1. The Kier molecular flexibility index (Phi) is 3.60. The quantitative estimate of drug-likeness (QED) is 0.589. The molecule has 0 saturated carbocycles. The van der Waals surface area contributed by atoms with Crippen LogP contribution in [0.2, 0.25) is 0 Å². The van der Waals surface area contributed by atoms with E-state index >= 15 is 0 Å². The number of benzene rings is 1. The monoisotopic (exact) mass is 353 g/mol. The molecule has 3 rings (SSSR count). The second kappa shape index (κ2) is 5.35. The molecule has 0 atom stereocenters. The Hall–Kier alpha value is -2.40. The van der Waals surface area contributed by atoms with E-state index in [0.29, 0.717) is 8.61 Å². The molecule has 0 N–H and O–H groups in total. The summed E-state index contributed by atoms with van der Waals surface area (Å²) in [7, 11) is -1.98. The molecule has 1 saturated heterocycles. The van der Waals surface area contributed by atoms with Crippen LogP contribution in [-0.4, -0.2) is 54.0 Å². The third-order valence-corrected chi connectivity index (χ3v) is 5.99. The molecule has 120 valence electrons. The van der Waals surface area contributed by atoms with Gasteiger partial charge in [0.15, 0.2) is 0 Å². The molecule has 0 radical (unpaired) electrons. The van der Waals surface area contributed by atoms with E-state index in [2.05, 4.69) is 15.2 Å². The maximum Gasteiger partial charge on any atom is 0.330 e. The number of amides is 2. The van der Waals surface area contributed by atoms with Gasteiger partial charge in [0.05, 0.1) is 10.2 Å². The van der Waals surface area contributed by atoms with Gasteiger partial charge in [0.2, 0.25) is 11.2 Å². The number of hydrogen-bond acceptors (Lipinski definition) is 8. The molecular formula is C12H11N5O4S2. The molecular weight excluding hydrogens is 342 g/mol. The van der Waals surface area contributed by atoms with E-state index in [1.165, 1.54) is 11.3 Å². The van der Waals surface area contributed by atoms with Crippen molar-refractivity contribution in [2.45, 2.75) is 6.04 Å². The molecule has 0 unspecified atom stereocenters. The predicted octanol–water partition coefficient (Wildman–Crippen LogP) is 0.924. The van der Waals surface area contributed by atoms with Gasteiger partial charge in [-0.05, 0) is 12.1 Å². The standard InChI is InChI=1S/C12H11N5O4S2/c1-16-10(18)9(11(19)17(2)23(16,20)21)14-15-12-13-7-5-3-4-6-8(7)22-12/h3-6,9H,1-2H3. The lowest BCUT2D eigenvalue weighted by atomic mass is 10.3. The maximum atomic E-state index is 12.0. The highest BCUT2D eigenvalue weighted by Gasteiger charge is 2.46. The largest absolute Gasteiger partial charge is 0.330 e. The Balaban J connectivity index is 1.92. The Morgan fingerprint density at radius 2 is 1.74 bits per heavy atom. The van der Waals surface area contributed by atoms with Gasteiger partial charge in [-0.2, -0.15) is 13.5 Å². The smallest absolute Gasteiger partial charge is 0.271 e. The van der Waals surface area contributed by atoms with E-state index in [1.807, 2.05) is 18.2 Å². The Labute approximate surface area is 135 Å². The second-order valence-electron chi connectivity index (χ2n) is 4.70. The van der Waals surface area contributed by atoms with Crippen LogP contribution >= 0.6 is 11.3 Å². The van der Waals surface area contributed by atoms with Crippen LogP contribution in [0.3, 0.4) is 0 Å². The summed E-state index contributed by atoms with van der Waals surface area (Å²) in [5.41, 5.74) is 0.726. The molecule has 0 bridgehead atoms. The first kappa shape index (κ1) is 15.5. The molecule has 0 aliphatic carbocycles. The summed E-state index contributed by atoms with van der Waals surface area (Å²) in [6, 6.07) is 5.81. The fraction of sp³-hybridized carbons (Fsp3) is 0.250. The lowest BCUT2D eigenvalue weighted by Gasteiger charge is -2.31. The van der Waals surface area contributed by atoms with Gasteiger partial charge in [-0.3, -0.25) is 9.59 Å². The normalized spacial score (nSPS) is 19.2. The molecule has 0 spiro atoms. The minimum absolute atomic E-state index is 0.283. The highest BCUT2D eigenvalue weighted by atomic mass is 32.2.